The Balaban J connectivity index is 1.42. The van der Waals surface area contributed by atoms with Crippen LogP contribution in [0.25, 0.3) is 22.8 Å². The Morgan fingerprint density at radius 3 is 2.14 bits per heavy atom. The fourth-order valence-electron chi connectivity index (χ4n) is 2.64. The van der Waals surface area contributed by atoms with E-state index in [2.05, 4.69) is 10.1 Å². The minimum atomic E-state index is -0.306. The van der Waals surface area contributed by atoms with Gasteiger partial charge in [-0.05, 0) is 66.2 Å². The van der Waals surface area contributed by atoms with Gasteiger partial charge in [-0.2, -0.15) is 4.98 Å². The first-order chi connectivity index (χ1) is 13.7. The summed E-state index contributed by atoms with van der Waals surface area (Å²) in [7, 11) is 1.63. The Morgan fingerprint density at radius 2 is 1.46 bits per heavy atom. The quantitative estimate of drug-likeness (QED) is 0.467. The van der Waals surface area contributed by atoms with Crippen molar-refractivity contribution in [2.75, 3.05) is 7.11 Å². The average molecular weight is 376 g/mol. The molecule has 0 aliphatic rings. The van der Waals surface area contributed by atoms with Crippen LogP contribution in [0.2, 0.25) is 0 Å². The van der Waals surface area contributed by atoms with Crippen molar-refractivity contribution < 1.29 is 18.4 Å². The van der Waals surface area contributed by atoms with Crippen LogP contribution in [-0.4, -0.2) is 17.3 Å². The normalized spacial score (nSPS) is 10.6. The Morgan fingerprint density at radius 1 is 0.821 bits per heavy atom. The van der Waals surface area contributed by atoms with Crippen LogP contribution in [0.3, 0.4) is 0 Å². The predicted molar refractivity (Wildman–Crippen MR) is 102 cm³/mol. The highest BCUT2D eigenvalue weighted by Gasteiger charge is 2.11. The standard InChI is InChI=1S/C22H17FN2O3/c1-26-19-10-12-20(13-11-19)27-14-15-2-4-17(5-3-15)22-24-21(25-28-22)16-6-8-18(23)9-7-16/h2-13H,14H2,1H3. The van der Waals surface area contributed by atoms with E-state index in [4.69, 9.17) is 14.0 Å². The molecule has 1 aromatic heterocycles. The molecule has 4 rings (SSSR count). The van der Waals surface area contributed by atoms with Crippen LogP contribution in [-0.2, 0) is 6.61 Å². The molecule has 0 radical (unpaired) electrons. The summed E-state index contributed by atoms with van der Waals surface area (Å²) in [5.41, 5.74) is 2.51. The fraction of sp³-hybridized carbons (Fsp3) is 0.0909. The molecule has 6 heteroatoms. The molecule has 0 aliphatic heterocycles. The van der Waals surface area contributed by atoms with Crippen molar-refractivity contribution in [2.45, 2.75) is 6.61 Å². The summed E-state index contributed by atoms with van der Waals surface area (Å²) in [5, 5.41) is 3.96. The number of hydrogen-bond donors (Lipinski definition) is 0. The second-order valence-electron chi connectivity index (χ2n) is 6.09. The van der Waals surface area contributed by atoms with Crippen LogP contribution in [0.4, 0.5) is 4.39 Å². The summed E-state index contributed by atoms with van der Waals surface area (Å²) in [6, 6.07) is 21.1. The molecule has 3 aromatic carbocycles. The molecular weight excluding hydrogens is 359 g/mol. The van der Waals surface area contributed by atoms with E-state index < -0.39 is 0 Å². The number of methoxy groups -OCH3 is 1. The van der Waals surface area contributed by atoms with Gasteiger partial charge in [-0.25, -0.2) is 4.39 Å². The first kappa shape index (κ1) is 17.7. The lowest BCUT2D eigenvalue weighted by atomic mass is 10.1. The van der Waals surface area contributed by atoms with E-state index in [0.29, 0.717) is 23.9 Å². The number of hydrogen-bond acceptors (Lipinski definition) is 5. The van der Waals surface area contributed by atoms with Gasteiger partial charge >= 0.3 is 0 Å². The maximum absolute atomic E-state index is 13.0. The van der Waals surface area contributed by atoms with Gasteiger partial charge in [0.25, 0.3) is 5.89 Å². The van der Waals surface area contributed by atoms with Gasteiger partial charge in [-0.3, -0.25) is 0 Å². The average Bonchev–Trinajstić information content (AvgIpc) is 3.24. The third-order valence-corrected chi connectivity index (χ3v) is 4.19. The second-order valence-corrected chi connectivity index (χ2v) is 6.09. The lowest BCUT2D eigenvalue weighted by Gasteiger charge is -2.07. The van der Waals surface area contributed by atoms with Crippen molar-refractivity contribution in [3.63, 3.8) is 0 Å². The van der Waals surface area contributed by atoms with Gasteiger partial charge in [0.1, 0.15) is 23.9 Å². The van der Waals surface area contributed by atoms with Crippen molar-refractivity contribution >= 4 is 0 Å². The maximum atomic E-state index is 13.0. The second kappa shape index (κ2) is 7.92. The smallest absolute Gasteiger partial charge is 0.258 e. The van der Waals surface area contributed by atoms with Gasteiger partial charge in [-0.1, -0.05) is 17.3 Å². The van der Waals surface area contributed by atoms with E-state index in [1.807, 2.05) is 48.5 Å². The molecule has 0 saturated heterocycles. The van der Waals surface area contributed by atoms with Crippen LogP contribution in [0, 0.1) is 5.82 Å². The molecule has 1 heterocycles. The van der Waals surface area contributed by atoms with Gasteiger partial charge in [0.05, 0.1) is 7.11 Å². The minimum Gasteiger partial charge on any atom is -0.497 e. The topological polar surface area (TPSA) is 57.4 Å². The lowest BCUT2D eigenvalue weighted by molar-refractivity contribution is 0.305. The van der Waals surface area contributed by atoms with Gasteiger partial charge in [0.15, 0.2) is 0 Å². The Hall–Kier alpha value is -3.67. The summed E-state index contributed by atoms with van der Waals surface area (Å²) in [5.74, 6) is 2.07. The Kier molecular flexibility index (Phi) is 5.01. The van der Waals surface area contributed by atoms with Crippen molar-refractivity contribution in [1.29, 1.82) is 0 Å². The van der Waals surface area contributed by atoms with Crippen LogP contribution < -0.4 is 9.47 Å². The van der Waals surface area contributed by atoms with Gasteiger partial charge in [-0.15, -0.1) is 0 Å². The summed E-state index contributed by atoms with van der Waals surface area (Å²) in [4.78, 5) is 4.38. The fourth-order valence-corrected chi connectivity index (χ4v) is 2.64. The molecule has 28 heavy (non-hydrogen) atoms. The molecule has 4 aromatic rings. The molecule has 140 valence electrons. The minimum absolute atomic E-state index is 0.306. The summed E-state index contributed by atoms with van der Waals surface area (Å²) < 4.78 is 29.3. The lowest BCUT2D eigenvalue weighted by Crippen LogP contribution is -1.95. The number of aromatic nitrogens is 2. The molecule has 0 unspecified atom stereocenters. The molecule has 0 amide bonds. The third-order valence-electron chi connectivity index (χ3n) is 4.19. The van der Waals surface area contributed by atoms with E-state index in [0.717, 1.165) is 22.6 Å². The van der Waals surface area contributed by atoms with Gasteiger partial charge in [0.2, 0.25) is 5.82 Å². The zero-order valence-corrected chi connectivity index (χ0v) is 15.1. The summed E-state index contributed by atoms with van der Waals surface area (Å²) in [6.45, 7) is 0.442. The molecule has 5 nitrogen and oxygen atoms in total. The molecule has 0 N–H and O–H groups in total. The van der Waals surface area contributed by atoms with E-state index >= 15 is 0 Å². The van der Waals surface area contributed by atoms with Crippen molar-refractivity contribution in [3.8, 4) is 34.3 Å². The zero-order valence-electron chi connectivity index (χ0n) is 15.1. The third kappa shape index (κ3) is 4.01. The highest BCUT2D eigenvalue weighted by Crippen LogP contribution is 2.23. The van der Waals surface area contributed by atoms with Gasteiger partial charge < -0.3 is 14.0 Å². The molecule has 0 fully saturated rings. The summed E-state index contributed by atoms with van der Waals surface area (Å²) >= 11 is 0. The Labute approximate surface area is 161 Å². The number of halogens is 1. The first-order valence-electron chi connectivity index (χ1n) is 8.67. The van der Waals surface area contributed by atoms with Crippen molar-refractivity contribution in [1.82, 2.24) is 10.1 Å². The van der Waals surface area contributed by atoms with Crippen molar-refractivity contribution in [3.05, 3.63) is 84.2 Å². The molecule has 0 atom stereocenters. The molecule has 0 bridgehead atoms. The number of ether oxygens (including phenoxy) is 2. The van der Waals surface area contributed by atoms with Crippen LogP contribution in [0.15, 0.2) is 77.3 Å². The van der Waals surface area contributed by atoms with E-state index in [-0.39, 0.29) is 5.82 Å². The number of nitrogens with zero attached hydrogens (tertiary/aromatic N) is 2. The van der Waals surface area contributed by atoms with Gasteiger partial charge in [0, 0.05) is 11.1 Å². The Bertz CT molecular complexity index is 1040. The highest BCUT2D eigenvalue weighted by molar-refractivity contribution is 5.59. The van der Waals surface area contributed by atoms with Crippen molar-refractivity contribution in [2.24, 2.45) is 0 Å². The van der Waals surface area contributed by atoms with E-state index in [1.165, 1.54) is 12.1 Å². The highest BCUT2D eigenvalue weighted by atomic mass is 19.1. The zero-order chi connectivity index (χ0) is 19.3. The summed E-state index contributed by atoms with van der Waals surface area (Å²) in [6.07, 6.45) is 0. The van der Waals surface area contributed by atoms with Crippen LogP contribution >= 0.6 is 0 Å². The number of benzene rings is 3. The molecule has 0 saturated carbocycles. The molecule has 0 aliphatic carbocycles. The first-order valence-corrected chi connectivity index (χ1v) is 8.67. The van der Waals surface area contributed by atoms with E-state index in [1.54, 1.807) is 19.2 Å². The van der Waals surface area contributed by atoms with Crippen LogP contribution in [0.1, 0.15) is 5.56 Å². The monoisotopic (exact) mass is 376 g/mol. The maximum Gasteiger partial charge on any atom is 0.258 e. The largest absolute Gasteiger partial charge is 0.497 e. The number of rotatable bonds is 6. The predicted octanol–water partition coefficient (Wildman–Crippen LogP) is 5.13. The molecule has 0 spiro atoms. The van der Waals surface area contributed by atoms with Crippen LogP contribution in [0.5, 0.6) is 11.5 Å². The SMILES string of the molecule is COc1ccc(OCc2ccc(-c3nc(-c4ccc(F)cc4)no3)cc2)cc1. The van der Waals surface area contributed by atoms with E-state index in [9.17, 15) is 4.39 Å². The molecular formula is C22H17FN2O3.